The molecular weight excluding hydrogens is 451 g/mol. The van der Waals surface area contributed by atoms with Crippen molar-refractivity contribution in [1.82, 2.24) is 4.31 Å². The predicted octanol–water partition coefficient (Wildman–Crippen LogP) is 2.32. The summed E-state index contributed by atoms with van der Waals surface area (Å²) in [4.78, 5) is 25.0. The lowest BCUT2D eigenvalue weighted by atomic mass is 10.2. The number of anilines is 1. The van der Waals surface area contributed by atoms with E-state index in [1.807, 2.05) is 4.90 Å². The number of benzene rings is 2. The maximum atomic E-state index is 13.1. The number of rotatable bonds is 6. The Kier molecular flexibility index (Phi) is 7.14. The molecule has 0 N–H and O–H groups in total. The third kappa shape index (κ3) is 5.33. The Balaban J connectivity index is 1.73. The van der Waals surface area contributed by atoms with Crippen LogP contribution in [0.2, 0.25) is 5.02 Å². The van der Waals surface area contributed by atoms with Crippen LogP contribution in [0.1, 0.15) is 10.4 Å². The minimum absolute atomic E-state index is 0.0366. The molecule has 0 radical (unpaired) electrons. The number of ether oxygens (including phenoxy) is 2. The van der Waals surface area contributed by atoms with Crippen molar-refractivity contribution in [2.45, 2.75) is 4.90 Å². The highest BCUT2D eigenvalue weighted by Crippen LogP contribution is 2.28. The molecular formula is C20H20ClFN2O6S. The fourth-order valence-corrected chi connectivity index (χ4v) is 4.99. The highest BCUT2D eigenvalue weighted by molar-refractivity contribution is 7.89. The molecule has 0 unspecified atom stereocenters. The first-order valence-corrected chi connectivity index (χ1v) is 11.1. The van der Waals surface area contributed by atoms with Crippen LogP contribution in [-0.2, 0) is 24.3 Å². The van der Waals surface area contributed by atoms with Gasteiger partial charge in [-0.3, -0.25) is 0 Å². The fourth-order valence-electron chi connectivity index (χ4n) is 3.07. The maximum Gasteiger partial charge on any atom is 0.344 e. The molecule has 0 aromatic heterocycles. The second-order valence-electron chi connectivity index (χ2n) is 6.67. The average molecular weight is 471 g/mol. The molecule has 1 aliphatic heterocycles. The Hall–Kier alpha value is -2.69. The van der Waals surface area contributed by atoms with Crippen molar-refractivity contribution in [3.63, 3.8) is 0 Å². The van der Waals surface area contributed by atoms with Crippen LogP contribution >= 0.6 is 11.6 Å². The normalized spacial score (nSPS) is 14.9. The molecule has 0 saturated carbocycles. The average Bonchev–Trinajstić information content (AvgIpc) is 2.78. The molecule has 1 heterocycles. The number of methoxy groups -OCH3 is 1. The minimum atomic E-state index is -3.98. The van der Waals surface area contributed by atoms with Gasteiger partial charge in [-0.05, 0) is 42.5 Å². The van der Waals surface area contributed by atoms with Crippen LogP contribution in [0, 0.1) is 5.82 Å². The van der Waals surface area contributed by atoms with E-state index >= 15 is 0 Å². The first-order chi connectivity index (χ1) is 14.7. The standard InChI is InChI=1S/C20H20ClFN2O6S/c1-29-19(25)13-30-20(26)14-2-7-17(21)18(12-14)31(27,28)24-10-8-23(9-11-24)16-5-3-15(22)4-6-16/h2-7,12H,8-11,13H2,1H3. The van der Waals surface area contributed by atoms with Gasteiger partial charge in [0.05, 0.1) is 17.7 Å². The molecule has 0 spiro atoms. The molecule has 2 aromatic rings. The van der Waals surface area contributed by atoms with Crippen molar-refractivity contribution in [3.8, 4) is 0 Å². The van der Waals surface area contributed by atoms with Crippen LogP contribution in [0.4, 0.5) is 10.1 Å². The summed E-state index contributed by atoms with van der Waals surface area (Å²) in [5.41, 5.74) is 0.739. The Morgan fingerprint density at radius 2 is 1.71 bits per heavy atom. The molecule has 0 atom stereocenters. The number of carbonyl (C=O) groups is 2. The Morgan fingerprint density at radius 3 is 2.32 bits per heavy atom. The SMILES string of the molecule is COC(=O)COC(=O)c1ccc(Cl)c(S(=O)(=O)N2CCN(c3ccc(F)cc3)CC2)c1. The van der Waals surface area contributed by atoms with E-state index in [0.717, 1.165) is 18.9 Å². The van der Waals surface area contributed by atoms with Crippen molar-refractivity contribution >= 4 is 39.3 Å². The molecule has 0 aliphatic carbocycles. The van der Waals surface area contributed by atoms with Gasteiger partial charge in [0.2, 0.25) is 10.0 Å². The van der Waals surface area contributed by atoms with E-state index in [9.17, 15) is 22.4 Å². The number of hydrogen-bond donors (Lipinski definition) is 0. The quantitative estimate of drug-likeness (QED) is 0.598. The summed E-state index contributed by atoms with van der Waals surface area (Å²) >= 11 is 6.12. The van der Waals surface area contributed by atoms with Crippen LogP contribution in [0.15, 0.2) is 47.4 Å². The van der Waals surface area contributed by atoms with E-state index in [0.29, 0.717) is 13.1 Å². The van der Waals surface area contributed by atoms with Crippen LogP contribution in [-0.4, -0.2) is 64.6 Å². The first-order valence-electron chi connectivity index (χ1n) is 9.26. The molecule has 1 aliphatic rings. The fraction of sp³-hybridized carbons (Fsp3) is 0.300. The summed E-state index contributed by atoms with van der Waals surface area (Å²) in [6.45, 7) is 0.595. The minimum Gasteiger partial charge on any atom is -0.466 e. The summed E-state index contributed by atoms with van der Waals surface area (Å²) < 4.78 is 49.9. The third-order valence-corrected chi connectivity index (χ3v) is 7.14. The van der Waals surface area contributed by atoms with Crippen LogP contribution < -0.4 is 4.90 Å². The molecule has 8 nitrogen and oxygen atoms in total. The van der Waals surface area contributed by atoms with Crippen molar-refractivity contribution in [2.75, 3.05) is 44.8 Å². The lowest BCUT2D eigenvalue weighted by Gasteiger charge is -2.35. The van der Waals surface area contributed by atoms with E-state index < -0.39 is 28.6 Å². The van der Waals surface area contributed by atoms with E-state index in [-0.39, 0.29) is 34.4 Å². The molecule has 31 heavy (non-hydrogen) atoms. The monoisotopic (exact) mass is 470 g/mol. The van der Waals surface area contributed by atoms with Gasteiger partial charge in [-0.15, -0.1) is 0 Å². The smallest absolute Gasteiger partial charge is 0.344 e. The number of halogens is 2. The lowest BCUT2D eigenvalue weighted by Crippen LogP contribution is -2.48. The number of esters is 2. The molecule has 2 aromatic carbocycles. The summed E-state index contributed by atoms with van der Waals surface area (Å²) in [5.74, 6) is -1.96. The highest BCUT2D eigenvalue weighted by atomic mass is 35.5. The summed E-state index contributed by atoms with van der Waals surface area (Å²) in [6, 6.07) is 9.71. The highest BCUT2D eigenvalue weighted by Gasteiger charge is 2.31. The first kappa shape index (κ1) is 23.0. The number of piperazine rings is 1. The van der Waals surface area contributed by atoms with Gasteiger partial charge in [0.1, 0.15) is 10.7 Å². The zero-order chi connectivity index (χ0) is 22.6. The van der Waals surface area contributed by atoms with Gasteiger partial charge in [-0.25, -0.2) is 22.4 Å². The van der Waals surface area contributed by atoms with E-state index in [2.05, 4.69) is 4.74 Å². The number of carbonyl (C=O) groups excluding carboxylic acids is 2. The predicted molar refractivity (Wildman–Crippen MR) is 111 cm³/mol. The van der Waals surface area contributed by atoms with Crippen molar-refractivity contribution in [3.05, 3.63) is 58.9 Å². The van der Waals surface area contributed by atoms with Crippen molar-refractivity contribution in [1.29, 1.82) is 0 Å². The van der Waals surface area contributed by atoms with Gasteiger partial charge < -0.3 is 14.4 Å². The van der Waals surface area contributed by atoms with Gasteiger partial charge in [0.25, 0.3) is 0 Å². The topological polar surface area (TPSA) is 93.2 Å². The number of sulfonamides is 1. The molecule has 11 heteroatoms. The zero-order valence-electron chi connectivity index (χ0n) is 16.6. The molecule has 3 rings (SSSR count). The van der Waals surface area contributed by atoms with Crippen molar-refractivity contribution < 1.29 is 31.9 Å². The molecule has 166 valence electrons. The van der Waals surface area contributed by atoms with Gasteiger partial charge in [0.15, 0.2) is 6.61 Å². The third-order valence-electron chi connectivity index (χ3n) is 4.76. The Bertz CT molecular complexity index is 1070. The van der Waals surface area contributed by atoms with Gasteiger partial charge in [-0.1, -0.05) is 11.6 Å². The number of hydrogen-bond acceptors (Lipinski definition) is 7. The molecule has 0 amide bonds. The zero-order valence-corrected chi connectivity index (χ0v) is 18.2. The van der Waals surface area contributed by atoms with E-state index in [4.69, 9.17) is 16.3 Å². The summed E-state index contributed by atoms with van der Waals surface area (Å²) in [6.07, 6.45) is 0. The van der Waals surface area contributed by atoms with Gasteiger partial charge in [-0.2, -0.15) is 4.31 Å². The van der Waals surface area contributed by atoms with Crippen LogP contribution in [0.3, 0.4) is 0 Å². The molecule has 0 bridgehead atoms. The summed E-state index contributed by atoms with van der Waals surface area (Å²) in [5, 5.41) is -0.0366. The second-order valence-corrected chi connectivity index (χ2v) is 8.98. The second kappa shape index (κ2) is 9.63. The molecule has 1 saturated heterocycles. The van der Waals surface area contributed by atoms with Gasteiger partial charge in [0, 0.05) is 31.9 Å². The van der Waals surface area contributed by atoms with Gasteiger partial charge >= 0.3 is 11.9 Å². The van der Waals surface area contributed by atoms with Crippen LogP contribution in [0.5, 0.6) is 0 Å². The van der Waals surface area contributed by atoms with Crippen LogP contribution in [0.25, 0.3) is 0 Å². The summed E-state index contributed by atoms with van der Waals surface area (Å²) in [7, 11) is -2.83. The Labute approximate surface area is 184 Å². The molecule has 1 fully saturated rings. The van der Waals surface area contributed by atoms with E-state index in [1.165, 1.54) is 28.6 Å². The maximum absolute atomic E-state index is 13.1. The Morgan fingerprint density at radius 1 is 1.06 bits per heavy atom. The number of nitrogens with zero attached hydrogens (tertiary/aromatic N) is 2. The lowest BCUT2D eigenvalue weighted by molar-refractivity contribution is -0.144. The largest absolute Gasteiger partial charge is 0.466 e. The van der Waals surface area contributed by atoms with E-state index in [1.54, 1.807) is 12.1 Å². The van der Waals surface area contributed by atoms with Crippen molar-refractivity contribution in [2.24, 2.45) is 0 Å².